The molecular formula is C20H31IN4O2S. The second-order valence-corrected chi connectivity index (χ2v) is 7.13. The fourth-order valence-corrected chi connectivity index (χ4v) is 3.40. The van der Waals surface area contributed by atoms with Crippen molar-refractivity contribution >= 4 is 41.3 Å². The summed E-state index contributed by atoms with van der Waals surface area (Å²) in [5.41, 5.74) is 2.28. The van der Waals surface area contributed by atoms with Crippen LogP contribution < -0.4 is 10.1 Å². The Balaban J connectivity index is 0.00000392. The summed E-state index contributed by atoms with van der Waals surface area (Å²) in [4.78, 5) is 11.5. The molecule has 2 aromatic rings. The SMILES string of the molecule is CCNC(=NCCc1ccc(OC)cc1)N(C)Cc1csc(C(C)OC)n1.I. The van der Waals surface area contributed by atoms with Gasteiger partial charge in [0.1, 0.15) is 16.9 Å². The van der Waals surface area contributed by atoms with Crippen LogP contribution >= 0.6 is 35.3 Å². The summed E-state index contributed by atoms with van der Waals surface area (Å²) < 4.78 is 10.5. The fraction of sp³-hybridized carbons (Fsp3) is 0.500. The van der Waals surface area contributed by atoms with E-state index in [1.54, 1.807) is 25.6 Å². The average molecular weight is 518 g/mol. The number of halogens is 1. The Hall–Kier alpha value is -1.39. The number of guanidine groups is 1. The van der Waals surface area contributed by atoms with Crippen molar-refractivity contribution in [2.24, 2.45) is 4.99 Å². The number of benzene rings is 1. The number of nitrogens with zero attached hydrogens (tertiary/aromatic N) is 3. The normalized spacial score (nSPS) is 12.2. The molecule has 1 atom stereocenters. The number of methoxy groups -OCH3 is 2. The van der Waals surface area contributed by atoms with Crippen molar-refractivity contribution in [3.63, 3.8) is 0 Å². The summed E-state index contributed by atoms with van der Waals surface area (Å²) in [5.74, 6) is 1.76. The molecule has 6 nitrogen and oxygen atoms in total. The van der Waals surface area contributed by atoms with E-state index < -0.39 is 0 Å². The first-order valence-corrected chi connectivity index (χ1v) is 10.0. The Kier molecular flexibility index (Phi) is 11.4. The number of aliphatic imine (C=N–C) groups is 1. The van der Waals surface area contributed by atoms with Gasteiger partial charge in [-0.15, -0.1) is 35.3 Å². The van der Waals surface area contributed by atoms with Crippen LogP contribution in [-0.2, 0) is 17.7 Å². The molecule has 0 spiro atoms. The van der Waals surface area contributed by atoms with E-state index in [4.69, 9.17) is 14.5 Å². The summed E-state index contributed by atoms with van der Waals surface area (Å²) in [6.45, 7) is 6.35. The van der Waals surface area contributed by atoms with Crippen LogP contribution in [0.4, 0.5) is 0 Å². The van der Waals surface area contributed by atoms with E-state index in [0.29, 0.717) is 6.54 Å². The van der Waals surface area contributed by atoms with Crippen LogP contribution in [-0.4, -0.2) is 50.2 Å². The van der Waals surface area contributed by atoms with E-state index in [1.807, 2.05) is 26.1 Å². The third kappa shape index (κ3) is 7.56. The van der Waals surface area contributed by atoms with Gasteiger partial charge in [0.2, 0.25) is 0 Å². The van der Waals surface area contributed by atoms with E-state index in [9.17, 15) is 0 Å². The number of hydrogen-bond acceptors (Lipinski definition) is 5. The minimum atomic E-state index is 0. The highest BCUT2D eigenvalue weighted by Crippen LogP contribution is 2.21. The highest BCUT2D eigenvalue weighted by molar-refractivity contribution is 14.0. The van der Waals surface area contributed by atoms with Gasteiger partial charge in [-0.1, -0.05) is 12.1 Å². The first-order valence-electron chi connectivity index (χ1n) is 9.16. The lowest BCUT2D eigenvalue weighted by Gasteiger charge is -2.21. The first kappa shape index (κ1) is 24.6. The molecule has 0 saturated carbocycles. The average Bonchev–Trinajstić information content (AvgIpc) is 3.15. The lowest BCUT2D eigenvalue weighted by atomic mass is 10.1. The predicted octanol–water partition coefficient (Wildman–Crippen LogP) is 4.12. The largest absolute Gasteiger partial charge is 0.497 e. The zero-order valence-corrected chi connectivity index (χ0v) is 20.4. The highest BCUT2D eigenvalue weighted by atomic mass is 127. The molecule has 0 fully saturated rings. The Bertz CT molecular complexity index is 721. The van der Waals surface area contributed by atoms with Crippen LogP contribution in [0.15, 0.2) is 34.6 Å². The van der Waals surface area contributed by atoms with Gasteiger partial charge in [0, 0.05) is 32.6 Å². The molecule has 0 bridgehead atoms. The third-order valence-corrected chi connectivity index (χ3v) is 5.24. The number of nitrogens with one attached hydrogen (secondary N) is 1. The summed E-state index contributed by atoms with van der Waals surface area (Å²) in [5, 5.41) is 6.44. The Morgan fingerprint density at radius 2 is 2.00 bits per heavy atom. The molecule has 0 aliphatic carbocycles. The quantitative estimate of drug-likeness (QED) is 0.308. The van der Waals surface area contributed by atoms with Gasteiger partial charge in [-0.05, 0) is 38.0 Å². The zero-order chi connectivity index (χ0) is 19.6. The molecule has 28 heavy (non-hydrogen) atoms. The number of thiazole rings is 1. The summed E-state index contributed by atoms with van der Waals surface area (Å²) in [6, 6.07) is 8.13. The Labute approximate surface area is 189 Å². The second-order valence-electron chi connectivity index (χ2n) is 6.24. The fourth-order valence-electron chi connectivity index (χ4n) is 2.55. The Morgan fingerprint density at radius 1 is 1.29 bits per heavy atom. The van der Waals surface area contributed by atoms with Crippen molar-refractivity contribution in [1.29, 1.82) is 0 Å². The van der Waals surface area contributed by atoms with Gasteiger partial charge in [0.25, 0.3) is 0 Å². The van der Waals surface area contributed by atoms with Crippen LogP contribution in [0.2, 0.25) is 0 Å². The predicted molar refractivity (Wildman–Crippen MR) is 127 cm³/mol. The summed E-state index contributed by atoms with van der Waals surface area (Å²) >= 11 is 1.63. The van der Waals surface area contributed by atoms with Crippen molar-refractivity contribution in [2.75, 3.05) is 34.4 Å². The number of rotatable bonds is 9. The highest BCUT2D eigenvalue weighted by Gasteiger charge is 2.12. The zero-order valence-electron chi connectivity index (χ0n) is 17.3. The van der Waals surface area contributed by atoms with E-state index in [0.717, 1.165) is 41.9 Å². The van der Waals surface area contributed by atoms with Gasteiger partial charge in [-0.25, -0.2) is 4.98 Å². The van der Waals surface area contributed by atoms with Gasteiger partial charge >= 0.3 is 0 Å². The van der Waals surface area contributed by atoms with Crippen molar-refractivity contribution in [3.05, 3.63) is 45.9 Å². The molecule has 0 aliphatic rings. The first-order chi connectivity index (χ1) is 13.1. The van der Waals surface area contributed by atoms with Crippen LogP contribution in [0.25, 0.3) is 0 Å². The maximum Gasteiger partial charge on any atom is 0.194 e. The summed E-state index contributed by atoms with van der Waals surface area (Å²) in [7, 11) is 5.42. The maximum atomic E-state index is 5.34. The standard InChI is InChI=1S/C20H30N4O2S.HI/c1-6-21-20(22-12-11-16-7-9-18(26-5)10-8-16)24(3)13-17-14-27-19(23-17)15(2)25-4;/h7-10,14-15H,6,11-13H2,1-5H3,(H,21,22);1H. The minimum absolute atomic E-state index is 0. The molecule has 1 heterocycles. The van der Waals surface area contributed by atoms with Gasteiger partial charge in [0.15, 0.2) is 5.96 Å². The van der Waals surface area contributed by atoms with Crippen LogP contribution in [0.1, 0.15) is 36.2 Å². The minimum Gasteiger partial charge on any atom is -0.497 e. The van der Waals surface area contributed by atoms with Gasteiger partial charge in [0.05, 0.1) is 19.3 Å². The van der Waals surface area contributed by atoms with Gasteiger partial charge < -0.3 is 19.7 Å². The third-order valence-electron chi connectivity index (χ3n) is 4.19. The molecule has 0 radical (unpaired) electrons. The van der Waals surface area contributed by atoms with Crippen LogP contribution in [0, 0.1) is 0 Å². The molecular weight excluding hydrogens is 487 g/mol. The van der Waals surface area contributed by atoms with Crippen molar-refractivity contribution < 1.29 is 9.47 Å². The lowest BCUT2D eigenvalue weighted by Crippen LogP contribution is -2.38. The smallest absolute Gasteiger partial charge is 0.194 e. The molecule has 1 aromatic heterocycles. The number of hydrogen-bond donors (Lipinski definition) is 1. The Morgan fingerprint density at radius 3 is 2.61 bits per heavy atom. The molecule has 0 aliphatic heterocycles. The van der Waals surface area contributed by atoms with Gasteiger partial charge in [-0.2, -0.15) is 0 Å². The maximum absolute atomic E-state index is 5.34. The molecule has 156 valence electrons. The molecule has 8 heteroatoms. The molecule has 1 N–H and O–H groups in total. The molecule has 0 amide bonds. The topological polar surface area (TPSA) is 59.0 Å². The second kappa shape index (κ2) is 12.9. The van der Waals surface area contributed by atoms with Crippen molar-refractivity contribution in [2.45, 2.75) is 32.9 Å². The lowest BCUT2D eigenvalue weighted by molar-refractivity contribution is 0.119. The van der Waals surface area contributed by atoms with Crippen LogP contribution in [0.3, 0.4) is 0 Å². The molecule has 0 saturated heterocycles. The van der Waals surface area contributed by atoms with Crippen molar-refractivity contribution in [1.82, 2.24) is 15.2 Å². The van der Waals surface area contributed by atoms with Crippen LogP contribution in [0.5, 0.6) is 5.75 Å². The monoisotopic (exact) mass is 518 g/mol. The van der Waals surface area contributed by atoms with Gasteiger partial charge in [-0.3, -0.25) is 4.99 Å². The molecule has 1 unspecified atom stereocenters. The number of ether oxygens (including phenoxy) is 2. The van der Waals surface area contributed by atoms with E-state index in [1.165, 1.54) is 5.56 Å². The van der Waals surface area contributed by atoms with E-state index in [2.05, 4.69) is 39.6 Å². The van der Waals surface area contributed by atoms with E-state index in [-0.39, 0.29) is 30.1 Å². The summed E-state index contributed by atoms with van der Waals surface area (Å²) in [6.07, 6.45) is 0.916. The molecule has 2 rings (SSSR count). The van der Waals surface area contributed by atoms with E-state index >= 15 is 0 Å². The number of aromatic nitrogens is 1. The molecule has 1 aromatic carbocycles. The van der Waals surface area contributed by atoms with Crippen molar-refractivity contribution in [3.8, 4) is 5.75 Å².